The topological polar surface area (TPSA) is 197 Å². The lowest BCUT2D eigenvalue weighted by Gasteiger charge is -2.13. The summed E-state index contributed by atoms with van der Waals surface area (Å²) in [7, 11) is -9.71. The fraction of sp³-hybridized carbons (Fsp3) is 0.136. The Kier molecular flexibility index (Phi) is 7.57. The van der Waals surface area contributed by atoms with Gasteiger partial charge in [-0.1, -0.05) is 19.1 Å². The molecule has 0 radical (unpaired) electrons. The molecule has 0 amide bonds. The van der Waals surface area contributed by atoms with Gasteiger partial charge in [0.2, 0.25) is 0 Å². The SMILES string of the molecule is CC/C(N=Nc1c(C=O)cc2cc(S)cc(N)c2c1O)=C(\c1cccc(S(=O)(=O)O)c1C)S(=O)(=O)O. The highest BCUT2D eigenvalue weighted by atomic mass is 32.2. The number of hydrogen-bond donors (Lipinski definition) is 5. The summed E-state index contributed by atoms with van der Waals surface area (Å²) in [6.45, 7) is 2.74. The average molecular weight is 552 g/mol. The number of carbonyl (C=O) groups is 1. The first-order valence-electron chi connectivity index (χ1n) is 10.1. The number of hydrogen-bond acceptors (Lipinski definition) is 10. The monoisotopic (exact) mass is 551 g/mol. The van der Waals surface area contributed by atoms with Crippen molar-refractivity contribution in [1.29, 1.82) is 0 Å². The van der Waals surface area contributed by atoms with E-state index in [1.165, 1.54) is 38.1 Å². The Morgan fingerprint density at radius 1 is 1.14 bits per heavy atom. The van der Waals surface area contributed by atoms with Crippen molar-refractivity contribution in [2.75, 3.05) is 5.73 Å². The maximum Gasteiger partial charge on any atom is 0.297 e. The second kappa shape index (κ2) is 9.99. The van der Waals surface area contributed by atoms with Crippen LogP contribution in [-0.2, 0) is 20.2 Å². The number of anilines is 1. The molecule has 5 N–H and O–H groups in total. The van der Waals surface area contributed by atoms with Crippen LogP contribution in [-0.4, -0.2) is 37.3 Å². The fourth-order valence-electron chi connectivity index (χ4n) is 3.71. The van der Waals surface area contributed by atoms with Gasteiger partial charge < -0.3 is 10.8 Å². The summed E-state index contributed by atoms with van der Waals surface area (Å²) in [5.41, 5.74) is 5.02. The second-order valence-corrected chi connectivity index (χ2v) is 10.9. The van der Waals surface area contributed by atoms with Gasteiger partial charge in [-0.25, -0.2) is 0 Å². The maximum atomic E-state index is 12.4. The highest BCUT2D eigenvalue weighted by molar-refractivity contribution is 7.95. The highest BCUT2D eigenvalue weighted by Crippen LogP contribution is 2.42. The molecule has 36 heavy (non-hydrogen) atoms. The molecule has 0 aromatic heterocycles. The van der Waals surface area contributed by atoms with Gasteiger partial charge in [-0.15, -0.1) is 17.7 Å². The molecule has 190 valence electrons. The van der Waals surface area contributed by atoms with E-state index in [0.717, 1.165) is 6.07 Å². The molecule has 0 bridgehead atoms. The highest BCUT2D eigenvalue weighted by Gasteiger charge is 2.26. The fourth-order valence-corrected chi connectivity index (χ4v) is 5.72. The minimum absolute atomic E-state index is 0.0875. The van der Waals surface area contributed by atoms with E-state index in [4.69, 9.17) is 5.73 Å². The summed E-state index contributed by atoms with van der Waals surface area (Å²) in [5, 5.41) is 19.2. The van der Waals surface area contributed by atoms with Crippen LogP contribution in [0, 0.1) is 6.92 Å². The third kappa shape index (κ3) is 5.27. The number of benzene rings is 3. The van der Waals surface area contributed by atoms with Gasteiger partial charge in [0.05, 0.1) is 10.6 Å². The van der Waals surface area contributed by atoms with E-state index in [1.807, 2.05) is 0 Å². The first kappa shape index (κ1) is 27.3. The van der Waals surface area contributed by atoms with E-state index < -0.39 is 35.8 Å². The zero-order valence-electron chi connectivity index (χ0n) is 18.9. The number of nitrogens with two attached hydrogens (primary N) is 1. The number of nitrogens with zero attached hydrogens (tertiary/aromatic N) is 2. The van der Waals surface area contributed by atoms with Crippen LogP contribution < -0.4 is 5.73 Å². The Hall–Kier alpha value is -3.30. The Balaban J connectivity index is 2.34. The summed E-state index contributed by atoms with van der Waals surface area (Å²) in [6, 6.07) is 7.91. The molecule has 3 aromatic rings. The van der Waals surface area contributed by atoms with Crippen LogP contribution in [0.1, 0.15) is 34.8 Å². The van der Waals surface area contributed by atoms with E-state index in [-0.39, 0.29) is 45.6 Å². The standard InChI is InChI=1S/C22H21N3O8S3/c1-3-17(22(36(31,32)33)15-5-4-6-18(11(15)2)35(28,29)30)24-25-20-13(10-26)7-12-8-14(34)9-16(23)19(12)21(20)27/h4-10,27,34H,3,23H2,1-2H3,(H,28,29,30)(H,31,32,33)/b22-17-,25-24?. The van der Waals surface area contributed by atoms with Gasteiger partial charge in [0.1, 0.15) is 10.6 Å². The molecule has 0 aliphatic heterocycles. The van der Waals surface area contributed by atoms with Crippen molar-refractivity contribution in [1.82, 2.24) is 0 Å². The van der Waals surface area contributed by atoms with Gasteiger partial charge in [0.15, 0.2) is 12.0 Å². The third-order valence-electron chi connectivity index (χ3n) is 5.29. The van der Waals surface area contributed by atoms with E-state index in [0.29, 0.717) is 16.6 Å². The van der Waals surface area contributed by atoms with Crippen molar-refractivity contribution in [3.8, 4) is 5.75 Å². The van der Waals surface area contributed by atoms with Crippen LogP contribution in [0.4, 0.5) is 11.4 Å². The van der Waals surface area contributed by atoms with Crippen molar-refractivity contribution >= 4 is 66.2 Å². The number of phenols is 1. The predicted octanol–water partition coefficient (Wildman–Crippen LogP) is 4.53. The zero-order chi connectivity index (χ0) is 27.0. The summed E-state index contributed by atoms with van der Waals surface area (Å²) in [4.78, 5) is 10.9. The number of phenolic OH excluding ortho intramolecular Hbond substituents is 1. The number of aldehydes is 1. The van der Waals surface area contributed by atoms with Crippen LogP contribution >= 0.6 is 12.6 Å². The van der Waals surface area contributed by atoms with Crippen LogP contribution in [0.3, 0.4) is 0 Å². The lowest BCUT2D eigenvalue weighted by atomic mass is 10.0. The summed E-state index contributed by atoms with van der Waals surface area (Å²) >= 11 is 4.22. The zero-order valence-corrected chi connectivity index (χ0v) is 21.4. The number of allylic oxidation sites excluding steroid dienone is 1. The molecule has 3 aromatic carbocycles. The number of thiol groups is 1. The second-order valence-electron chi connectivity index (χ2n) is 7.62. The molecule has 0 heterocycles. The van der Waals surface area contributed by atoms with Crippen LogP contribution in [0.25, 0.3) is 15.7 Å². The lowest BCUT2D eigenvalue weighted by Crippen LogP contribution is -2.09. The molecular formula is C22H21N3O8S3. The number of azo groups is 1. The molecule has 0 saturated heterocycles. The van der Waals surface area contributed by atoms with Crippen LogP contribution in [0.15, 0.2) is 62.1 Å². The Morgan fingerprint density at radius 3 is 2.36 bits per heavy atom. The van der Waals surface area contributed by atoms with Gasteiger partial charge in [0.25, 0.3) is 20.2 Å². The van der Waals surface area contributed by atoms with E-state index in [1.54, 1.807) is 6.07 Å². The minimum Gasteiger partial charge on any atom is -0.505 e. The Morgan fingerprint density at radius 2 is 1.81 bits per heavy atom. The van der Waals surface area contributed by atoms with E-state index in [2.05, 4.69) is 22.9 Å². The maximum absolute atomic E-state index is 12.4. The van der Waals surface area contributed by atoms with Gasteiger partial charge in [-0.2, -0.15) is 21.9 Å². The van der Waals surface area contributed by atoms with Gasteiger partial charge in [0, 0.05) is 27.1 Å². The molecule has 3 rings (SSSR count). The molecule has 0 atom stereocenters. The van der Waals surface area contributed by atoms with Gasteiger partial charge >= 0.3 is 0 Å². The van der Waals surface area contributed by atoms with E-state index >= 15 is 0 Å². The first-order chi connectivity index (χ1) is 16.7. The number of aromatic hydroxyl groups is 1. The quantitative estimate of drug-likeness (QED) is 0.0920. The summed E-state index contributed by atoms with van der Waals surface area (Å²) < 4.78 is 67.6. The minimum atomic E-state index is -5.00. The van der Waals surface area contributed by atoms with Gasteiger partial charge in [-0.05, 0) is 48.6 Å². The largest absolute Gasteiger partial charge is 0.505 e. The number of nitrogen functional groups attached to an aromatic ring is 1. The van der Waals surface area contributed by atoms with Crippen molar-refractivity contribution in [3.05, 3.63) is 58.8 Å². The van der Waals surface area contributed by atoms with Crippen molar-refractivity contribution in [3.63, 3.8) is 0 Å². The smallest absolute Gasteiger partial charge is 0.297 e. The van der Waals surface area contributed by atoms with Crippen LogP contribution in [0.5, 0.6) is 5.75 Å². The number of rotatable bonds is 7. The number of carbonyl (C=O) groups excluding carboxylic acids is 1. The van der Waals surface area contributed by atoms with Crippen molar-refractivity contribution < 1.29 is 35.8 Å². The summed E-state index contributed by atoms with van der Waals surface area (Å²) in [6.07, 6.45) is 0.289. The normalized spacial score (nSPS) is 13.2. The Bertz CT molecular complexity index is 1680. The molecule has 0 fully saturated rings. The predicted molar refractivity (Wildman–Crippen MR) is 137 cm³/mol. The molecule has 14 heteroatoms. The third-order valence-corrected chi connectivity index (χ3v) is 7.52. The molecule has 0 unspecified atom stereocenters. The lowest BCUT2D eigenvalue weighted by molar-refractivity contribution is 0.112. The molecule has 0 saturated carbocycles. The van der Waals surface area contributed by atoms with Crippen molar-refractivity contribution in [2.45, 2.75) is 30.1 Å². The molecule has 0 aliphatic carbocycles. The molecule has 0 aliphatic rings. The summed E-state index contributed by atoms with van der Waals surface area (Å²) in [5.74, 6) is -0.488. The van der Waals surface area contributed by atoms with Crippen molar-refractivity contribution in [2.24, 2.45) is 10.2 Å². The first-order valence-corrected chi connectivity index (χ1v) is 13.5. The molecular weight excluding hydrogens is 530 g/mol. The number of fused-ring (bicyclic) bond motifs is 1. The Labute approximate surface area is 212 Å². The van der Waals surface area contributed by atoms with Gasteiger partial charge in [-0.3, -0.25) is 13.9 Å². The van der Waals surface area contributed by atoms with E-state index in [9.17, 15) is 35.8 Å². The van der Waals surface area contributed by atoms with Crippen LogP contribution in [0.2, 0.25) is 0 Å². The molecule has 0 spiro atoms. The molecule has 11 nitrogen and oxygen atoms in total. The average Bonchev–Trinajstić information content (AvgIpc) is 2.75.